The Bertz CT molecular complexity index is 594. The average Bonchev–Trinajstić information content (AvgIpc) is 2.44. The molecular weight excluding hydrogens is 250 g/mol. The van der Waals surface area contributed by atoms with Gasteiger partial charge in [-0.05, 0) is 19.9 Å². The van der Waals surface area contributed by atoms with Crippen LogP contribution in [-0.4, -0.2) is 46.9 Å². The van der Waals surface area contributed by atoms with Crippen LogP contribution in [-0.2, 0) is 0 Å². The molecule has 1 N–H and O–H groups in total. The normalized spacial score (nSPS) is 18.8. The number of anilines is 1. The summed E-state index contributed by atoms with van der Waals surface area (Å²) in [6, 6.07) is 0. The van der Waals surface area contributed by atoms with E-state index in [1.165, 1.54) is 0 Å². The Kier molecular flexibility index (Phi) is 3.60. The summed E-state index contributed by atoms with van der Waals surface area (Å²) in [5.74, 6) is 1.04. The van der Waals surface area contributed by atoms with Gasteiger partial charge in [0.15, 0.2) is 12.4 Å². The minimum Gasteiger partial charge on any atom is -0.353 e. The van der Waals surface area contributed by atoms with E-state index in [0.29, 0.717) is 0 Å². The summed E-state index contributed by atoms with van der Waals surface area (Å²) in [4.78, 5) is 11.3. The van der Waals surface area contributed by atoms with E-state index >= 15 is 0 Å². The number of aromatic nitrogens is 2. The minimum absolute atomic E-state index is 0.986. The lowest BCUT2D eigenvalue weighted by molar-refractivity contribution is -0.355. The van der Waals surface area contributed by atoms with Gasteiger partial charge in [-0.15, -0.1) is 0 Å². The Morgan fingerprint density at radius 2 is 2.10 bits per heavy atom. The number of hydrogen-bond acceptors (Lipinski definition) is 4. The van der Waals surface area contributed by atoms with Crippen molar-refractivity contribution in [3.63, 3.8) is 0 Å². The fourth-order valence-corrected chi connectivity index (χ4v) is 2.63. The number of nitrogens with one attached hydrogen (secondary N) is 1. The largest absolute Gasteiger partial charge is 0.353 e. The zero-order valence-electron chi connectivity index (χ0n) is 12.0. The highest BCUT2D eigenvalue weighted by Gasteiger charge is 2.26. The van der Waals surface area contributed by atoms with Crippen LogP contribution in [0.15, 0.2) is 24.7 Å². The third-order valence-corrected chi connectivity index (χ3v) is 3.73. The quantitative estimate of drug-likeness (QED) is 0.837. The molecule has 0 aliphatic carbocycles. The van der Waals surface area contributed by atoms with Gasteiger partial charge in [0.25, 0.3) is 0 Å². The lowest BCUT2D eigenvalue weighted by atomic mass is 10.1. The van der Waals surface area contributed by atoms with Crippen LogP contribution in [0.5, 0.6) is 0 Å². The van der Waals surface area contributed by atoms with E-state index < -0.39 is 0 Å². The summed E-state index contributed by atoms with van der Waals surface area (Å²) in [5, 5.41) is 3.38. The van der Waals surface area contributed by atoms with E-state index in [0.717, 1.165) is 49.0 Å². The van der Waals surface area contributed by atoms with Gasteiger partial charge in [-0.1, -0.05) is 0 Å². The molecule has 5 nitrogen and oxygen atoms in total. The topological polar surface area (TPSA) is 44.1 Å². The van der Waals surface area contributed by atoms with Crippen molar-refractivity contribution in [3.05, 3.63) is 35.9 Å². The Morgan fingerprint density at radius 3 is 2.70 bits per heavy atom. The van der Waals surface area contributed by atoms with Gasteiger partial charge in [-0.2, -0.15) is 4.58 Å². The average molecular weight is 270 g/mol. The van der Waals surface area contributed by atoms with Crippen LogP contribution >= 0.6 is 0 Å². The number of hydrogen-bond donors (Lipinski definition) is 1. The molecule has 104 valence electrons. The molecule has 5 heteroatoms. The molecule has 2 aliphatic heterocycles. The van der Waals surface area contributed by atoms with Crippen molar-refractivity contribution in [3.8, 4) is 0 Å². The van der Waals surface area contributed by atoms with Crippen LogP contribution in [0.1, 0.15) is 18.2 Å². The second-order valence-electron chi connectivity index (χ2n) is 4.97. The Morgan fingerprint density at radius 1 is 1.35 bits per heavy atom. The summed E-state index contributed by atoms with van der Waals surface area (Å²) in [6.45, 7) is 8.09. The molecule has 0 spiro atoms. The molecule has 20 heavy (non-hydrogen) atoms. The number of piperazine rings is 1. The number of nitrogens with zero attached hydrogens (tertiary/aromatic N) is 4. The highest BCUT2D eigenvalue weighted by atomic mass is 15.2. The molecule has 0 amide bonds. The first kappa shape index (κ1) is 13.0. The van der Waals surface area contributed by atoms with Gasteiger partial charge in [-0.3, -0.25) is 0 Å². The number of rotatable bonds is 3. The summed E-state index contributed by atoms with van der Waals surface area (Å²) in [7, 11) is 0. The molecular formula is C15H20N5+. The number of aryl methyl sites for hydroxylation is 1. The Labute approximate surface area is 119 Å². The van der Waals surface area contributed by atoms with E-state index in [2.05, 4.69) is 57.1 Å². The summed E-state index contributed by atoms with van der Waals surface area (Å²) in [6.07, 6.45) is 9.94. The fourth-order valence-electron chi connectivity index (χ4n) is 2.63. The number of allylic oxidation sites excluding steroid dienone is 2. The minimum atomic E-state index is 0.986. The van der Waals surface area contributed by atoms with Crippen molar-refractivity contribution in [1.29, 1.82) is 0 Å². The molecule has 0 saturated carbocycles. The first-order valence-electron chi connectivity index (χ1n) is 7.05. The molecule has 2 aliphatic rings. The van der Waals surface area contributed by atoms with Crippen LogP contribution in [0.25, 0.3) is 5.70 Å². The van der Waals surface area contributed by atoms with Crippen LogP contribution in [0.4, 0.5) is 5.82 Å². The Balaban J connectivity index is 2.04. The van der Waals surface area contributed by atoms with E-state index in [4.69, 9.17) is 0 Å². The summed E-state index contributed by atoms with van der Waals surface area (Å²) in [5.41, 5.74) is 3.31. The summed E-state index contributed by atoms with van der Waals surface area (Å²) >= 11 is 0. The van der Waals surface area contributed by atoms with Gasteiger partial charge >= 0.3 is 0 Å². The fraction of sp³-hybridized carbons (Fsp3) is 0.400. The van der Waals surface area contributed by atoms with Crippen LogP contribution < -0.4 is 10.2 Å². The van der Waals surface area contributed by atoms with Crippen LogP contribution in [0, 0.1) is 6.92 Å². The SMILES string of the molecule is C/C=C(\c1c(C)ncnc1N1CCNCC1)[N+]1=CC=C1. The highest BCUT2D eigenvalue weighted by Crippen LogP contribution is 2.29. The smallest absolute Gasteiger partial charge is 0.219 e. The van der Waals surface area contributed by atoms with Gasteiger partial charge in [0.2, 0.25) is 5.70 Å². The third-order valence-electron chi connectivity index (χ3n) is 3.73. The standard InChI is InChI=1S/C15H20N5/c1-3-13(19-7-4-8-19)14-12(2)17-11-18-15(14)20-9-5-16-6-10-20/h3-4,7-8,11,16H,5-6,9-10H2,1-2H3/q+1/b13-3+. The van der Waals surface area contributed by atoms with Crippen molar-refractivity contribution in [1.82, 2.24) is 15.3 Å². The van der Waals surface area contributed by atoms with E-state index in [1.54, 1.807) is 6.33 Å². The molecule has 0 bridgehead atoms. The van der Waals surface area contributed by atoms with Gasteiger partial charge in [0.05, 0.1) is 11.8 Å². The van der Waals surface area contributed by atoms with Crippen molar-refractivity contribution in [2.45, 2.75) is 13.8 Å². The summed E-state index contributed by atoms with van der Waals surface area (Å²) < 4.78 is 2.12. The van der Waals surface area contributed by atoms with Crippen LogP contribution in [0.2, 0.25) is 0 Å². The first-order valence-corrected chi connectivity index (χ1v) is 7.05. The lowest BCUT2D eigenvalue weighted by Gasteiger charge is -2.30. The molecule has 0 aromatic carbocycles. The predicted molar refractivity (Wildman–Crippen MR) is 81.0 cm³/mol. The molecule has 0 unspecified atom stereocenters. The molecule has 3 rings (SSSR count). The maximum absolute atomic E-state index is 4.55. The molecule has 1 aromatic rings. The molecule has 0 atom stereocenters. The van der Waals surface area contributed by atoms with Crippen molar-refractivity contribution < 1.29 is 4.58 Å². The van der Waals surface area contributed by atoms with Gasteiger partial charge in [0.1, 0.15) is 17.7 Å². The second-order valence-corrected chi connectivity index (χ2v) is 4.97. The van der Waals surface area contributed by atoms with Crippen molar-refractivity contribution >= 4 is 17.7 Å². The monoisotopic (exact) mass is 270 g/mol. The van der Waals surface area contributed by atoms with E-state index in [1.807, 2.05) is 6.08 Å². The molecule has 1 aromatic heterocycles. The second kappa shape index (κ2) is 5.54. The molecule has 0 radical (unpaired) electrons. The maximum Gasteiger partial charge on any atom is 0.219 e. The molecule has 3 heterocycles. The molecule has 1 fully saturated rings. The maximum atomic E-state index is 4.55. The first-order chi connectivity index (χ1) is 9.81. The van der Waals surface area contributed by atoms with Gasteiger partial charge in [-0.25, -0.2) is 9.97 Å². The van der Waals surface area contributed by atoms with Gasteiger partial charge < -0.3 is 10.2 Å². The zero-order chi connectivity index (χ0) is 13.9. The predicted octanol–water partition coefficient (Wildman–Crippen LogP) is 1.17. The van der Waals surface area contributed by atoms with Crippen molar-refractivity contribution in [2.24, 2.45) is 0 Å². The lowest BCUT2D eigenvalue weighted by Crippen LogP contribution is -2.44. The van der Waals surface area contributed by atoms with E-state index in [-0.39, 0.29) is 0 Å². The van der Waals surface area contributed by atoms with Crippen LogP contribution in [0.3, 0.4) is 0 Å². The van der Waals surface area contributed by atoms with Crippen molar-refractivity contribution in [2.75, 3.05) is 31.1 Å². The Hall–Kier alpha value is -2.01. The molecule has 1 saturated heterocycles. The zero-order valence-corrected chi connectivity index (χ0v) is 12.0. The van der Waals surface area contributed by atoms with E-state index in [9.17, 15) is 0 Å². The van der Waals surface area contributed by atoms with Gasteiger partial charge in [0, 0.05) is 26.2 Å². The third kappa shape index (κ3) is 2.25. The highest BCUT2D eigenvalue weighted by molar-refractivity contribution is 5.79.